The molecule has 0 radical (unpaired) electrons. The number of ketones is 1. The van der Waals surface area contributed by atoms with Crippen LogP contribution in [0.5, 0.6) is 0 Å². The predicted molar refractivity (Wildman–Crippen MR) is 68.6 cm³/mol. The van der Waals surface area contributed by atoms with E-state index in [9.17, 15) is 13.2 Å². The molecule has 0 heterocycles. The summed E-state index contributed by atoms with van der Waals surface area (Å²) in [5, 5.41) is -0.563. The number of Topliss-reactive ketones (excluding diaryl/α,β-unsaturated/α-hetero) is 1. The van der Waals surface area contributed by atoms with E-state index in [1.54, 1.807) is 32.9 Å². The summed E-state index contributed by atoms with van der Waals surface area (Å²) in [5.74, 6) is -0.584. The summed E-state index contributed by atoms with van der Waals surface area (Å²) in [4.78, 5) is 11.7. The van der Waals surface area contributed by atoms with Crippen LogP contribution >= 0.6 is 11.6 Å². The molecule has 3 nitrogen and oxygen atoms in total. The second-order valence-corrected chi connectivity index (χ2v) is 6.89. The zero-order chi connectivity index (χ0) is 13.2. The van der Waals surface area contributed by atoms with Gasteiger partial charge in [-0.2, -0.15) is 0 Å². The van der Waals surface area contributed by atoms with E-state index in [4.69, 9.17) is 11.6 Å². The molecule has 0 N–H and O–H groups in total. The molecule has 0 fully saturated rings. The van der Waals surface area contributed by atoms with E-state index in [1.165, 1.54) is 6.07 Å². The van der Waals surface area contributed by atoms with Crippen LogP contribution in [-0.2, 0) is 9.84 Å². The highest BCUT2D eigenvalue weighted by molar-refractivity contribution is 7.92. The summed E-state index contributed by atoms with van der Waals surface area (Å²) in [6.45, 7) is 4.98. The van der Waals surface area contributed by atoms with Crippen molar-refractivity contribution in [3.63, 3.8) is 0 Å². The van der Waals surface area contributed by atoms with Crippen molar-refractivity contribution in [3.05, 3.63) is 29.3 Å². The topological polar surface area (TPSA) is 51.2 Å². The Morgan fingerprint density at radius 3 is 2.41 bits per heavy atom. The van der Waals surface area contributed by atoms with Gasteiger partial charge in [-0.1, -0.05) is 11.6 Å². The molecule has 0 saturated carbocycles. The van der Waals surface area contributed by atoms with Gasteiger partial charge in [-0.25, -0.2) is 8.42 Å². The van der Waals surface area contributed by atoms with Gasteiger partial charge < -0.3 is 0 Å². The number of alkyl halides is 1. The number of benzene rings is 1. The molecule has 0 amide bonds. The number of rotatable bonds is 4. The molecule has 0 bridgehead atoms. The first-order valence-electron chi connectivity index (χ1n) is 5.24. The first-order chi connectivity index (χ1) is 7.80. The fraction of sp³-hybridized carbons (Fsp3) is 0.417. The lowest BCUT2D eigenvalue weighted by molar-refractivity contribution is 0.101. The summed E-state index contributed by atoms with van der Waals surface area (Å²) in [6, 6.07) is 4.73. The number of hydrogen-bond acceptors (Lipinski definition) is 3. The fourth-order valence-corrected chi connectivity index (χ4v) is 2.82. The average Bonchev–Trinajstić information content (AvgIpc) is 2.27. The Balaban J connectivity index is 3.50. The lowest BCUT2D eigenvalue weighted by atomic mass is 10.1. The highest BCUT2D eigenvalue weighted by Gasteiger charge is 2.25. The van der Waals surface area contributed by atoms with Gasteiger partial charge in [0.05, 0.1) is 16.0 Å². The van der Waals surface area contributed by atoms with Gasteiger partial charge in [-0.05, 0) is 32.9 Å². The van der Waals surface area contributed by atoms with Gasteiger partial charge in [-0.15, -0.1) is 11.6 Å². The molecule has 0 saturated heterocycles. The molecule has 1 aromatic carbocycles. The maximum Gasteiger partial charge on any atom is 0.181 e. The normalized spacial score (nSPS) is 11.8. The Morgan fingerprint density at radius 2 is 1.94 bits per heavy atom. The number of hydrogen-bond donors (Lipinski definition) is 0. The molecular formula is C12H15ClO3S. The summed E-state index contributed by atoms with van der Waals surface area (Å²) in [7, 11) is -3.46. The third kappa shape index (κ3) is 2.87. The second-order valence-electron chi connectivity index (χ2n) is 4.15. The van der Waals surface area contributed by atoms with E-state index in [0.29, 0.717) is 0 Å². The molecule has 0 spiro atoms. The van der Waals surface area contributed by atoms with E-state index in [-0.39, 0.29) is 22.1 Å². The number of halogens is 1. The quantitative estimate of drug-likeness (QED) is 0.626. The van der Waals surface area contributed by atoms with Gasteiger partial charge in [-0.3, -0.25) is 4.79 Å². The first-order valence-corrected chi connectivity index (χ1v) is 7.32. The third-order valence-corrected chi connectivity index (χ3v) is 4.94. The lowest BCUT2D eigenvalue weighted by Crippen LogP contribution is -2.18. The van der Waals surface area contributed by atoms with Crippen molar-refractivity contribution < 1.29 is 13.2 Å². The van der Waals surface area contributed by atoms with Crippen molar-refractivity contribution >= 4 is 27.2 Å². The SMILES string of the molecule is Cc1ccc(S(=O)(=O)C(C)C)c(C(=O)CCl)c1. The molecule has 0 aliphatic carbocycles. The largest absolute Gasteiger partial charge is 0.293 e. The van der Waals surface area contributed by atoms with E-state index in [1.807, 2.05) is 0 Å². The minimum absolute atomic E-state index is 0.0729. The Hall–Kier alpha value is -0.870. The maximum atomic E-state index is 12.1. The number of carbonyl (C=O) groups excluding carboxylic acids is 1. The predicted octanol–water partition coefficient (Wildman–Crippen LogP) is 2.60. The summed E-state index contributed by atoms with van der Waals surface area (Å²) in [5.41, 5.74) is 1.02. The van der Waals surface area contributed by atoms with Gasteiger partial charge in [0, 0.05) is 5.56 Å². The first kappa shape index (κ1) is 14.2. The van der Waals surface area contributed by atoms with Crippen LogP contribution in [0.1, 0.15) is 29.8 Å². The fourth-order valence-electron chi connectivity index (χ4n) is 1.44. The highest BCUT2D eigenvalue weighted by Crippen LogP contribution is 2.22. The molecule has 0 aromatic heterocycles. The smallest absolute Gasteiger partial charge is 0.181 e. The Bertz CT molecular complexity index is 533. The summed E-state index contributed by atoms with van der Waals surface area (Å²) in [6.07, 6.45) is 0. The van der Waals surface area contributed by atoms with Crippen molar-refractivity contribution in [3.8, 4) is 0 Å². The van der Waals surface area contributed by atoms with Gasteiger partial charge in [0.25, 0.3) is 0 Å². The number of sulfone groups is 1. The Labute approximate surface area is 107 Å². The molecule has 1 aromatic rings. The average molecular weight is 275 g/mol. The molecule has 0 aliphatic rings. The van der Waals surface area contributed by atoms with Crippen molar-refractivity contribution in [2.24, 2.45) is 0 Å². The molecule has 94 valence electrons. The van der Waals surface area contributed by atoms with E-state index in [0.717, 1.165) is 5.56 Å². The maximum absolute atomic E-state index is 12.1. The minimum Gasteiger partial charge on any atom is -0.293 e. The van der Waals surface area contributed by atoms with E-state index < -0.39 is 15.1 Å². The molecule has 0 unspecified atom stereocenters. The van der Waals surface area contributed by atoms with Gasteiger partial charge >= 0.3 is 0 Å². The highest BCUT2D eigenvalue weighted by atomic mass is 35.5. The van der Waals surface area contributed by atoms with Gasteiger partial charge in [0.15, 0.2) is 15.6 Å². The molecule has 1 rings (SSSR count). The molecular weight excluding hydrogens is 260 g/mol. The summed E-state index contributed by atoms with van der Waals surface area (Å²) < 4.78 is 24.2. The van der Waals surface area contributed by atoms with Gasteiger partial charge in [0.1, 0.15) is 0 Å². The van der Waals surface area contributed by atoms with Crippen LogP contribution in [0.25, 0.3) is 0 Å². The molecule has 5 heteroatoms. The minimum atomic E-state index is -3.46. The van der Waals surface area contributed by atoms with Crippen LogP contribution in [0, 0.1) is 6.92 Å². The van der Waals surface area contributed by atoms with Crippen LogP contribution in [-0.4, -0.2) is 25.3 Å². The zero-order valence-electron chi connectivity index (χ0n) is 10.0. The second kappa shape index (κ2) is 5.19. The standard InChI is InChI=1S/C12H15ClO3S/c1-8(2)17(15,16)12-5-4-9(3)6-10(12)11(14)7-13/h4-6,8H,7H2,1-3H3. The Morgan fingerprint density at radius 1 is 1.35 bits per heavy atom. The Kier molecular flexibility index (Phi) is 4.33. The van der Waals surface area contributed by atoms with E-state index in [2.05, 4.69) is 0 Å². The molecule has 0 aliphatic heterocycles. The van der Waals surface area contributed by atoms with Crippen molar-refractivity contribution in [1.82, 2.24) is 0 Å². The van der Waals surface area contributed by atoms with Gasteiger partial charge in [0.2, 0.25) is 0 Å². The van der Waals surface area contributed by atoms with E-state index >= 15 is 0 Å². The van der Waals surface area contributed by atoms with Crippen LogP contribution in [0.15, 0.2) is 23.1 Å². The van der Waals surface area contributed by atoms with Crippen molar-refractivity contribution in [2.75, 3.05) is 5.88 Å². The van der Waals surface area contributed by atoms with Crippen molar-refractivity contribution in [1.29, 1.82) is 0 Å². The summed E-state index contributed by atoms with van der Waals surface area (Å²) >= 11 is 5.50. The van der Waals surface area contributed by atoms with Crippen LogP contribution in [0.4, 0.5) is 0 Å². The van der Waals surface area contributed by atoms with Crippen LogP contribution in [0.3, 0.4) is 0 Å². The zero-order valence-corrected chi connectivity index (χ0v) is 11.6. The lowest BCUT2D eigenvalue weighted by Gasteiger charge is -2.12. The van der Waals surface area contributed by atoms with Crippen LogP contribution < -0.4 is 0 Å². The number of aryl methyl sites for hydroxylation is 1. The molecule has 0 atom stereocenters. The van der Waals surface area contributed by atoms with Crippen molar-refractivity contribution in [2.45, 2.75) is 30.9 Å². The monoisotopic (exact) mass is 274 g/mol. The van der Waals surface area contributed by atoms with Crippen LogP contribution in [0.2, 0.25) is 0 Å². The number of carbonyl (C=O) groups is 1. The molecule has 17 heavy (non-hydrogen) atoms. The third-order valence-electron chi connectivity index (χ3n) is 2.48.